The lowest BCUT2D eigenvalue weighted by molar-refractivity contribution is 0.102. The Hall–Kier alpha value is -2.29. The second-order valence-corrected chi connectivity index (χ2v) is 7.63. The van der Waals surface area contributed by atoms with Crippen molar-refractivity contribution in [3.8, 4) is 0 Å². The number of carbonyl (C=O) groups excluding carboxylic acids is 1. The summed E-state index contributed by atoms with van der Waals surface area (Å²) in [6.45, 7) is 3.62. The molecule has 2 N–H and O–H groups in total. The summed E-state index contributed by atoms with van der Waals surface area (Å²) in [6, 6.07) is 9.22. The Morgan fingerprint density at radius 1 is 1.19 bits per heavy atom. The smallest absolute Gasteiger partial charge is 0.255 e. The van der Waals surface area contributed by atoms with E-state index in [1.54, 1.807) is 13.8 Å². The van der Waals surface area contributed by atoms with Crippen molar-refractivity contribution in [1.29, 1.82) is 0 Å². The Bertz CT molecular complexity index is 883. The highest BCUT2D eigenvalue weighted by Gasteiger charge is 2.18. The van der Waals surface area contributed by atoms with E-state index in [9.17, 15) is 17.6 Å². The number of carbonyl (C=O) groups is 1. The summed E-state index contributed by atoms with van der Waals surface area (Å²) in [6.07, 6.45) is 0. The van der Waals surface area contributed by atoms with Crippen LogP contribution in [0.5, 0.6) is 0 Å². The molecule has 140 valence electrons. The van der Waals surface area contributed by atoms with Crippen molar-refractivity contribution in [2.24, 2.45) is 0 Å². The van der Waals surface area contributed by atoms with E-state index < -0.39 is 15.9 Å². The lowest BCUT2D eigenvalue weighted by atomic mass is 10.1. The van der Waals surface area contributed by atoms with Gasteiger partial charge in [0.05, 0.1) is 11.5 Å². The van der Waals surface area contributed by atoms with E-state index in [1.165, 1.54) is 49.6 Å². The van der Waals surface area contributed by atoms with Gasteiger partial charge in [-0.2, -0.15) is 0 Å². The number of benzene rings is 2. The van der Waals surface area contributed by atoms with E-state index in [1.807, 2.05) is 0 Å². The fourth-order valence-corrected chi connectivity index (χ4v) is 3.59. The molecule has 2 aromatic carbocycles. The molecule has 6 nitrogen and oxygen atoms in total. The van der Waals surface area contributed by atoms with E-state index in [0.29, 0.717) is 11.3 Å². The number of nitrogens with one attached hydrogen (secondary N) is 2. The number of hydrogen-bond acceptors (Lipinski definition) is 4. The van der Waals surface area contributed by atoms with Gasteiger partial charge in [0.15, 0.2) is 0 Å². The molecule has 0 saturated heterocycles. The fourth-order valence-electron chi connectivity index (χ4n) is 2.36. The number of amides is 1. The Kier molecular flexibility index (Phi) is 6.47. The first-order valence-electron chi connectivity index (χ1n) is 7.92. The Labute approximate surface area is 152 Å². The Morgan fingerprint density at radius 3 is 2.42 bits per heavy atom. The van der Waals surface area contributed by atoms with Crippen LogP contribution < -0.4 is 10.0 Å². The van der Waals surface area contributed by atoms with Gasteiger partial charge in [0.1, 0.15) is 5.82 Å². The second kappa shape index (κ2) is 8.39. The van der Waals surface area contributed by atoms with Crippen LogP contribution in [0.1, 0.15) is 22.8 Å². The van der Waals surface area contributed by atoms with Crippen LogP contribution >= 0.6 is 0 Å². The molecule has 2 rings (SSSR count). The number of hydrogen-bond donors (Lipinski definition) is 2. The molecule has 0 fully saturated rings. The van der Waals surface area contributed by atoms with Crippen LogP contribution in [0.25, 0.3) is 0 Å². The maximum Gasteiger partial charge on any atom is 0.255 e. The summed E-state index contributed by atoms with van der Waals surface area (Å²) in [5, 5.41) is 2.67. The Morgan fingerprint density at radius 2 is 1.85 bits per heavy atom. The molecule has 0 unspecified atom stereocenters. The molecule has 0 aliphatic rings. The van der Waals surface area contributed by atoms with E-state index in [0.717, 1.165) is 0 Å². The topological polar surface area (TPSA) is 84.5 Å². The molecule has 0 spiro atoms. The summed E-state index contributed by atoms with van der Waals surface area (Å²) in [5.41, 5.74) is 1.37. The van der Waals surface area contributed by atoms with Crippen LogP contribution in [-0.2, 0) is 14.8 Å². The number of halogens is 1. The van der Waals surface area contributed by atoms with Crippen LogP contribution in [0.2, 0.25) is 0 Å². The predicted molar refractivity (Wildman–Crippen MR) is 97.2 cm³/mol. The van der Waals surface area contributed by atoms with Crippen molar-refractivity contribution in [3.63, 3.8) is 0 Å². The largest absolute Gasteiger partial charge is 0.383 e. The zero-order valence-corrected chi connectivity index (χ0v) is 15.6. The molecule has 2 aromatic rings. The molecular weight excluding hydrogens is 359 g/mol. The SMILES string of the molecule is COC[C@@H](C)NS(=O)(=O)c1ccc(C(=O)Nc2ccc(F)cc2C)cc1. The summed E-state index contributed by atoms with van der Waals surface area (Å²) >= 11 is 0. The van der Waals surface area contributed by atoms with Crippen LogP contribution in [0.15, 0.2) is 47.4 Å². The van der Waals surface area contributed by atoms with Crippen molar-refractivity contribution in [1.82, 2.24) is 4.72 Å². The lowest BCUT2D eigenvalue weighted by Gasteiger charge is -2.13. The van der Waals surface area contributed by atoms with Gasteiger partial charge in [-0.25, -0.2) is 17.5 Å². The van der Waals surface area contributed by atoms with Crippen molar-refractivity contribution in [2.45, 2.75) is 24.8 Å². The first-order chi connectivity index (χ1) is 12.2. The van der Waals surface area contributed by atoms with Crippen molar-refractivity contribution >= 4 is 21.6 Å². The minimum Gasteiger partial charge on any atom is -0.383 e. The van der Waals surface area contributed by atoms with E-state index >= 15 is 0 Å². The number of ether oxygens (including phenoxy) is 1. The minimum atomic E-state index is -3.70. The standard InChI is InChI=1S/C18H21FN2O4S/c1-12-10-15(19)6-9-17(12)20-18(22)14-4-7-16(8-5-14)26(23,24)21-13(2)11-25-3/h4-10,13,21H,11H2,1-3H3,(H,20,22)/t13-/m1/s1. The molecule has 0 aliphatic carbocycles. The second-order valence-electron chi connectivity index (χ2n) is 5.92. The third kappa shape index (κ3) is 5.10. The molecule has 8 heteroatoms. The van der Waals surface area contributed by atoms with Gasteiger partial charge in [-0.15, -0.1) is 0 Å². The molecule has 0 aromatic heterocycles. The molecule has 0 bridgehead atoms. The fraction of sp³-hybridized carbons (Fsp3) is 0.278. The monoisotopic (exact) mass is 380 g/mol. The highest BCUT2D eigenvalue weighted by atomic mass is 32.2. The predicted octanol–water partition coefficient (Wildman–Crippen LogP) is 2.70. The summed E-state index contributed by atoms with van der Waals surface area (Å²) < 4.78 is 45.0. The van der Waals surface area contributed by atoms with Crippen LogP contribution in [0.4, 0.5) is 10.1 Å². The number of anilines is 1. The Balaban J connectivity index is 2.12. The number of sulfonamides is 1. The number of aryl methyl sites for hydroxylation is 1. The maximum atomic E-state index is 13.1. The average molecular weight is 380 g/mol. The molecule has 0 aliphatic heterocycles. The van der Waals surface area contributed by atoms with Gasteiger partial charge >= 0.3 is 0 Å². The van der Waals surface area contributed by atoms with Gasteiger partial charge in [-0.05, 0) is 61.9 Å². The lowest BCUT2D eigenvalue weighted by Crippen LogP contribution is -2.35. The van der Waals surface area contributed by atoms with Crippen molar-refractivity contribution < 1.29 is 22.3 Å². The molecule has 0 saturated carbocycles. The van der Waals surface area contributed by atoms with Crippen LogP contribution in [0.3, 0.4) is 0 Å². The van der Waals surface area contributed by atoms with Crippen molar-refractivity contribution in [3.05, 3.63) is 59.4 Å². The third-order valence-electron chi connectivity index (χ3n) is 3.64. The first kappa shape index (κ1) is 20.0. The van der Waals surface area contributed by atoms with E-state index in [2.05, 4.69) is 10.0 Å². The highest BCUT2D eigenvalue weighted by Crippen LogP contribution is 2.18. The number of methoxy groups -OCH3 is 1. The molecule has 0 radical (unpaired) electrons. The van der Waals surface area contributed by atoms with Gasteiger partial charge < -0.3 is 10.1 Å². The molecule has 1 atom stereocenters. The van der Waals surface area contributed by atoms with Gasteiger partial charge in [0, 0.05) is 24.4 Å². The molecule has 26 heavy (non-hydrogen) atoms. The van der Waals surface area contributed by atoms with Gasteiger partial charge in [-0.3, -0.25) is 4.79 Å². The third-order valence-corrected chi connectivity index (χ3v) is 5.24. The van der Waals surface area contributed by atoms with Gasteiger partial charge in [0.2, 0.25) is 10.0 Å². The highest BCUT2D eigenvalue weighted by molar-refractivity contribution is 7.89. The first-order valence-corrected chi connectivity index (χ1v) is 9.40. The summed E-state index contributed by atoms with van der Waals surface area (Å²) in [5.74, 6) is -0.797. The summed E-state index contributed by atoms with van der Waals surface area (Å²) in [7, 11) is -2.21. The van der Waals surface area contributed by atoms with E-state index in [-0.39, 0.29) is 28.9 Å². The minimum absolute atomic E-state index is 0.0509. The quantitative estimate of drug-likeness (QED) is 0.774. The maximum absolute atomic E-state index is 13.1. The van der Waals surface area contributed by atoms with Crippen LogP contribution in [-0.4, -0.2) is 34.1 Å². The number of rotatable bonds is 7. The van der Waals surface area contributed by atoms with Gasteiger partial charge in [0.25, 0.3) is 5.91 Å². The summed E-state index contributed by atoms with van der Waals surface area (Å²) in [4.78, 5) is 12.3. The van der Waals surface area contributed by atoms with Crippen LogP contribution in [0, 0.1) is 12.7 Å². The van der Waals surface area contributed by atoms with E-state index in [4.69, 9.17) is 4.74 Å². The normalized spacial score (nSPS) is 12.6. The zero-order chi connectivity index (χ0) is 19.3. The molecular formula is C18H21FN2O4S. The molecule has 1 amide bonds. The van der Waals surface area contributed by atoms with Crippen molar-refractivity contribution in [2.75, 3.05) is 19.0 Å². The average Bonchev–Trinajstić information content (AvgIpc) is 2.57. The van der Waals surface area contributed by atoms with Gasteiger partial charge in [-0.1, -0.05) is 0 Å². The zero-order valence-electron chi connectivity index (χ0n) is 14.7. The molecule has 0 heterocycles.